The van der Waals surface area contributed by atoms with Gasteiger partial charge in [0.2, 0.25) is 0 Å². The lowest BCUT2D eigenvalue weighted by atomic mass is 9.34. The number of rotatable bonds is 9. The molecule has 7 N–H and O–H groups in total. The van der Waals surface area contributed by atoms with Crippen molar-refractivity contribution in [3.8, 4) is 0 Å². The number of esters is 1. The number of aliphatic hydroxyl groups is 7. The van der Waals surface area contributed by atoms with Crippen LogP contribution in [0.4, 0.5) is 0 Å². The molecule has 0 aromatic carbocycles. The zero-order valence-electron chi connectivity index (χ0n) is 34.4. The molecule has 20 atom stereocenters. The number of aliphatic hydroxyl groups excluding tert-OH is 7. The fourth-order valence-corrected chi connectivity index (χ4v) is 13.2. The summed E-state index contributed by atoms with van der Waals surface area (Å²) in [6, 6.07) is 0. The van der Waals surface area contributed by atoms with Crippen molar-refractivity contribution in [3.05, 3.63) is 11.6 Å². The van der Waals surface area contributed by atoms with Crippen molar-refractivity contribution in [1.29, 1.82) is 0 Å². The molecule has 320 valence electrons. The first kappa shape index (κ1) is 42.8. The molecule has 1 spiro atoms. The molecule has 14 nitrogen and oxygen atoms in total. The summed E-state index contributed by atoms with van der Waals surface area (Å²) in [6.07, 6.45) is -7.04. The van der Waals surface area contributed by atoms with Gasteiger partial charge in [-0.25, -0.2) is 0 Å². The third kappa shape index (κ3) is 6.83. The topological polar surface area (TPSA) is 217 Å². The molecule has 7 aliphatic rings. The molecule has 0 bridgehead atoms. The van der Waals surface area contributed by atoms with Crippen molar-refractivity contribution in [2.75, 3.05) is 13.2 Å². The molecule has 7 fully saturated rings. The van der Waals surface area contributed by atoms with Crippen LogP contribution in [-0.2, 0) is 33.2 Å². The molecular weight excluding hydrogens is 728 g/mol. The summed E-state index contributed by atoms with van der Waals surface area (Å²) in [5, 5.41) is 74.8. The maximum atomic E-state index is 13.1. The largest absolute Gasteiger partial charge is 0.465 e. The summed E-state index contributed by atoms with van der Waals surface area (Å²) in [4.78, 5) is 13.1. The van der Waals surface area contributed by atoms with Crippen LogP contribution in [0.15, 0.2) is 11.6 Å². The quantitative estimate of drug-likeness (QED) is 0.0770. The Morgan fingerprint density at radius 2 is 1.55 bits per heavy atom. The maximum Gasteiger partial charge on any atom is 0.306 e. The van der Waals surface area contributed by atoms with E-state index in [-0.39, 0.29) is 46.3 Å². The third-order valence-corrected chi connectivity index (χ3v) is 16.2. The number of cyclic esters (lactones) is 1. The Morgan fingerprint density at radius 3 is 2.20 bits per heavy atom. The van der Waals surface area contributed by atoms with Crippen LogP contribution in [0.3, 0.4) is 0 Å². The van der Waals surface area contributed by atoms with Gasteiger partial charge in [-0.1, -0.05) is 39.3 Å². The summed E-state index contributed by atoms with van der Waals surface area (Å²) < 4.78 is 36.5. The lowest BCUT2D eigenvalue weighted by Crippen LogP contribution is -2.67. The van der Waals surface area contributed by atoms with E-state index in [9.17, 15) is 40.5 Å². The highest BCUT2D eigenvalue weighted by atomic mass is 16.7. The van der Waals surface area contributed by atoms with E-state index in [0.29, 0.717) is 31.8 Å². The normalized spacial score (nSPS) is 53.1. The van der Waals surface area contributed by atoms with Crippen LogP contribution in [0.1, 0.15) is 107 Å². The summed E-state index contributed by atoms with van der Waals surface area (Å²) in [6.45, 7) is 16.5. The molecule has 3 saturated carbocycles. The number of ether oxygens (including phenoxy) is 6. The van der Waals surface area contributed by atoms with E-state index in [0.717, 1.165) is 37.7 Å². The van der Waals surface area contributed by atoms with Gasteiger partial charge >= 0.3 is 5.97 Å². The van der Waals surface area contributed by atoms with E-state index in [2.05, 4.69) is 34.6 Å². The van der Waals surface area contributed by atoms with Gasteiger partial charge in [0.25, 0.3) is 0 Å². The number of hydrogen-bond acceptors (Lipinski definition) is 14. The number of carbonyl (C=O) groups is 1. The van der Waals surface area contributed by atoms with Gasteiger partial charge in [-0.15, -0.1) is 0 Å². The predicted octanol–water partition coefficient (Wildman–Crippen LogP) is 2.10. The van der Waals surface area contributed by atoms with Crippen LogP contribution in [0.2, 0.25) is 0 Å². The number of carbonyl (C=O) groups excluding carboxylic acids is 1. The Balaban J connectivity index is 1.09. The molecule has 4 aliphatic heterocycles. The van der Waals surface area contributed by atoms with E-state index in [4.69, 9.17) is 28.4 Å². The summed E-state index contributed by atoms with van der Waals surface area (Å²) in [5.74, 6) is 0.481. The van der Waals surface area contributed by atoms with Crippen LogP contribution in [0.25, 0.3) is 0 Å². The van der Waals surface area contributed by atoms with Crippen molar-refractivity contribution in [3.63, 3.8) is 0 Å². The van der Waals surface area contributed by atoms with E-state index in [1.54, 1.807) is 0 Å². The van der Waals surface area contributed by atoms with Gasteiger partial charge in [0.15, 0.2) is 12.6 Å². The van der Waals surface area contributed by atoms with Crippen LogP contribution < -0.4 is 0 Å². The van der Waals surface area contributed by atoms with Crippen molar-refractivity contribution in [1.82, 2.24) is 0 Å². The molecule has 0 amide bonds. The minimum Gasteiger partial charge on any atom is -0.465 e. The first-order chi connectivity index (χ1) is 26.1. The molecule has 0 aromatic rings. The average molecular weight is 797 g/mol. The molecule has 7 rings (SSSR count). The van der Waals surface area contributed by atoms with Crippen molar-refractivity contribution in [2.24, 2.45) is 39.4 Å². The standard InChI is InChI=1S/C42H68O14/c1-20(2)15-22(44)16-41(8)35(56-41)23-9-10-26-39(6)13-12-27(38(4,5)25(39)11-14-40(26,7)42(23)17-28(45)51-19-42)54-37-33(50)34(30(47)24(18-43)53-37)55-36-32(49)31(48)29(46)21(3)52-36/h15,21-27,29-37,43-44,46-50H,9-14,16-19H2,1-8H3. The minimum absolute atomic E-state index is 0.0647. The average Bonchev–Trinajstić information content (AvgIpc) is 3.60. The lowest BCUT2D eigenvalue weighted by molar-refractivity contribution is -0.368. The summed E-state index contributed by atoms with van der Waals surface area (Å²) >= 11 is 0. The second kappa shape index (κ2) is 15.0. The number of epoxide rings is 1. The Labute approximate surface area is 330 Å². The van der Waals surface area contributed by atoms with E-state index in [1.807, 2.05) is 19.9 Å². The number of hydrogen-bond donors (Lipinski definition) is 7. The Kier molecular flexibility index (Phi) is 11.5. The highest BCUT2D eigenvalue weighted by molar-refractivity contribution is 5.73. The molecule has 0 aromatic heterocycles. The summed E-state index contributed by atoms with van der Waals surface area (Å²) in [5.41, 5.74) is -0.508. The van der Waals surface area contributed by atoms with Gasteiger partial charge < -0.3 is 64.2 Å². The van der Waals surface area contributed by atoms with Gasteiger partial charge in [-0.05, 0) is 100 Å². The van der Waals surface area contributed by atoms with Crippen LogP contribution in [-0.4, -0.2) is 140 Å². The second-order valence-corrected chi connectivity index (χ2v) is 20.1. The Hall–Kier alpha value is -1.27. The predicted molar refractivity (Wildman–Crippen MR) is 199 cm³/mol. The van der Waals surface area contributed by atoms with Gasteiger partial charge in [-0.2, -0.15) is 0 Å². The minimum atomic E-state index is -1.66. The molecular formula is C42H68O14. The lowest BCUT2D eigenvalue weighted by Gasteiger charge is -2.70. The molecule has 4 saturated heterocycles. The smallest absolute Gasteiger partial charge is 0.306 e. The molecule has 3 aliphatic carbocycles. The van der Waals surface area contributed by atoms with Gasteiger partial charge in [0.05, 0.1) is 49.7 Å². The second-order valence-electron chi connectivity index (χ2n) is 20.1. The summed E-state index contributed by atoms with van der Waals surface area (Å²) in [7, 11) is 0. The highest BCUT2D eigenvalue weighted by Crippen LogP contribution is 2.75. The number of allylic oxidation sites excluding steroid dienone is 1. The molecule has 56 heavy (non-hydrogen) atoms. The van der Waals surface area contributed by atoms with E-state index >= 15 is 0 Å². The first-order valence-electron chi connectivity index (χ1n) is 20.9. The SMILES string of the molecule is CC(C)=CC(O)CC1(C)OC1C1CCC2C3(C)CCC(OC4OC(CO)C(O)C(OC5OC(C)C(O)C(O)C5O)C4O)C(C)(C)C3CCC2(C)C12COC(=O)C2. The van der Waals surface area contributed by atoms with Crippen LogP contribution in [0.5, 0.6) is 0 Å². The van der Waals surface area contributed by atoms with E-state index in [1.165, 1.54) is 6.92 Å². The van der Waals surface area contributed by atoms with Crippen molar-refractivity contribution >= 4 is 5.97 Å². The van der Waals surface area contributed by atoms with Gasteiger partial charge in [-0.3, -0.25) is 4.79 Å². The zero-order valence-corrected chi connectivity index (χ0v) is 34.4. The third-order valence-electron chi connectivity index (χ3n) is 16.2. The fraction of sp³-hybridized carbons (Fsp3) is 0.929. The van der Waals surface area contributed by atoms with Crippen LogP contribution in [0, 0.1) is 39.4 Å². The fourth-order valence-electron chi connectivity index (χ4n) is 13.2. The van der Waals surface area contributed by atoms with Gasteiger partial charge in [0, 0.05) is 11.8 Å². The van der Waals surface area contributed by atoms with Crippen molar-refractivity contribution < 1.29 is 69.0 Å². The Bertz CT molecular complexity index is 1490. The Morgan fingerprint density at radius 1 is 0.857 bits per heavy atom. The maximum absolute atomic E-state index is 13.1. The molecule has 4 heterocycles. The molecule has 20 unspecified atom stereocenters. The van der Waals surface area contributed by atoms with Crippen molar-refractivity contribution in [2.45, 2.75) is 192 Å². The molecule has 0 radical (unpaired) electrons. The first-order valence-corrected chi connectivity index (χ1v) is 20.9. The molecule has 14 heteroatoms. The zero-order chi connectivity index (χ0) is 40.9. The number of fused-ring (bicyclic) bond motifs is 4. The van der Waals surface area contributed by atoms with Gasteiger partial charge in [0.1, 0.15) is 42.7 Å². The highest BCUT2D eigenvalue weighted by Gasteiger charge is 2.74. The van der Waals surface area contributed by atoms with E-state index < -0.39 is 85.1 Å². The van der Waals surface area contributed by atoms with Crippen LogP contribution >= 0.6 is 0 Å². The monoisotopic (exact) mass is 796 g/mol.